The third-order valence-corrected chi connectivity index (χ3v) is 15.8. The Bertz CT molecular complexity index is 658. The summed E-state index contributed by atoms with van der Waals surface area (Å²) in [5.74, 6) is 2.72. The van der Waals surface area contributed by atoms with E-state index in [1.165, 1.54) is 0 Å². The molecule has 0 aromatic heterocycles. The molecule has 0 bridgehead atoms. The van der Waals surface area contributed by atoms with Gasteiger partial charge in [0.2, 0.25) is 5.91 Å². The fraction of sp³-hybridized carbons (Fsp3) is 0.800. The molecule has 0 unspecified atom stereocenters. The van der Waals surface area contributed by atoms with Crippen LogP contribution in [0.3, 0.4) is 0 Å². The zero-order valence-electron chi connectivity index (χ0n) is 22.5. The average molecular weight is 468 g/mol. The van der Waals surface area contributed by atoms with Gasteiger partial charge in [-0.1, -0.05) is 68.4 Å². The van der Waals surface area contributed by atoms with Gasteiger partial charge in [-0.25, -0.2) is 0 Å². The van der Waals surface area contributed by atoms with Crippen molar-refractivity contribution in [2.24, 2.45) is 5.41 Å². The van der Waals surface area contributed by atoms with E-state index in [1.54, 1.807) is 6.08 Å². The van der Waals surface area contributed by atoms with E-state index in [9.17, 15) is 4.79 Å². The fourth-order valence-electron chi connectivity index (χ4n) is 2.45. The van der Waals surface area contributed by atoms with Crippen LogP contribution in [0.1, 0.15) is 68.7 Å². The normalized spacial score (nSPS) is 16.8. The Labute approximate surface area is 195 Å². The fourth-order valence-corrected chi connectivity index (χ4v) is 5.07. The monoisotopic (exact) mass is 467 g/mol. The maximum absolute atomic E-state index is 13.0. The molecule has 0 spiro atoms. The van der Waals surface area contributed by atoms with Crippen LogP contribution >= 0.6 is 0 Å². The van der Waals surface area contributed by atoms with Gasteiger partial charge in [-0.05, 0) is 36.3 Å². The largest absolute Gasteiger partial charge is 0.411 e. The molecule has 0 aromatic rings. The number of carbonyl (C=O) groups is 1. The van der Waals surface area contributed by atoms with E-state index in [4.69, 9.17) is 15.3 Å². The van der Waals surface area contributed by atoms with Gasteiger partial charge >= 0.3 is 0 Å². The molecule has 0 aliphatic heterocycles. The molecule has 0 aliphatic carbocycles. The van der Waals surface area contributed by atoms with Crippen LogP contribution in [0.4, 0.5) is 0 Å². The quantitative estimate of drug-likeness (QED) is 0.239. The number of carbonyl (C=O) groups excluding carboxylic acids is 1. The zero-order valence-corrected chi connectivity index (χ0v) is 24.5. The van der Waals surface area contributed by atoms with Crippen LogP contribution in [0, 0.1) is 17.8 Å². The molecule has 1 N–H and O–H groups in total. The number of amides is 1. The lowest BCUT2D eigenvalue weighted by atomic mass is 9.93. The molecule has 180 valence electrons. The first kappa shape index (κ1) is 30.1. The molecule has 0 heterocycles. The van der Waals surface area contributed by atoms with Crippen molar-refractivity contribution < 1.29 is 13.6 Å². The Hall–Kier alpha value is -0.876. The molecule has 1 amide bonds. The van der Waals surface area contributed by atoms with E-state index in [-0.39, 0.29) is 22.1 Å². The lowest BCUT2D eigenvalue weighted by molar-refractivity contribution is -0.130. The van der Waals surface area contributed by atoms with E-state index in [1.807, 2.05) is 20.8 Å². The second-order valence-electron chi connectivity index (χ2n) is 12.7. The SMILES string of the molecule is C#CC[C@@H](O[Si](C)(C)C(C)(C)C)[C@H](NC(=O)C(C)(C)C)[C@@H](C=C)O[Si](C)(C)C(C)(C)C. The highest BCUT2D eigenvalue weighted by Crippen LogP contribution is 2.40. The van der Waals surface area contributed by atoms with Crippen molar-refractivity contribution in [3.63, 3.8) is 0 Å². The van der Waals surface area contributed by atoms with Crippen molar-refractivity contribution in [3.8, 4) is 12.3 Å². The van der Waals surface area contributed by atoms with E-state index in [0.717, 1.165) is 0 Å². The first-order valence-corrected chi connectivity index (χ1v) is 17.1. The first-order chi connectivity index (χ1) is 13.6. The molecule has 0 rings (SSSR count). The van der Waals surface area contributed by atoms with Crippen LogP contribution in [-0.4, -0.2) is 40.8 Å². The van der Waals surface area contributed by atoms with Crippen molar-refractivity contribution in [1.29, 1.82) is 0 Å². The summed E-state index contributed by atoms with van der Waals surface area (Å²) in [6.07, 6.45) is 7.21. The van der Waals surface area contributed by atoms with Crippen LogP contribution in [0.5, 0.6) is 0 Å². The lowest BCUT2D eigenvalue weighted by Gasteiger charge is -2.45. The van der Waals surface area contributed by atoms with Gasteiger partial charge < -0.3 is 14.2 Å². The van der Waals surface area contributed by atoms with Crippen LogP contribution in [0.2, 0.25) is 36.3 Å². The minimum Gasteiger partial charge on any atom is -0.411 e. The highest BCUT2D eigenvalue weighted by Gasteiger charge is 2.45. The minimum atomic E-state index is -2.14. The van der Waals surface area contributed by atoms with E-state index in [2.05, 4.69) is 85.5 Å². The summed E-state index contributed by atoms with van der Waals surface area (Å²) < 4.78 is 13.5. The zero-order chi connectivity index (χ0) is 25.1. The third kappa shape index (κ3) is 8.53. The summed E-state index contributed by atoms with van der Waals surface area (Å²) in [7, 11) is -4.28. The van der Waals surface area contributed by atoms with Crippen molar-refractivity contribution >= 4 is 22.5 Å². The Morgan fingerprint density at radius 3 is 1.71 bits per heavy atom. The van der Waals surface area contributed by atoms with Crippen molar-refractivity contribution in [3.05, 3.63) is 12.7 Å². The molecule has 0 saturated carbocycles. The number of hydrogen-bond donors (Lipinski definition) is 1. The minimum absolute atomic E-state index is 0.0163. The molecular formula is C25H49NO3Si2. The van der Waals surface area contributed by atoms with Gasteiger partial charge in [-0.2, -0.15) is 0 Å². The van der Waals surface area contributed by atoms with Gasteiger partial charge in [0.25, 0.3) is 0 Å². The molecule has 31 heavy (non-hydrogen) atoms. The second kappa shape index (κ2) is 10.4. The van der Waals surface area contributed by atoms with Crippen LogP contribution in [0.25, 0.3) is 0 Å². The number of nitrogens with one attached hydrogen (secondary N) is 1. The van der Waals surface area contributed by atoms with Crippen molar-refractivity contribution in [1.82, 2.24) is 5.32 Å². The first-order valence-electron chi connectivity index (χ1n) is 11.3. The maximum atomic E-state index is 13.0. The summed E-state index contributed by atoms with van der Waals surface area (Å²) in [6, 6.07) is -0.413. The number of hydrogen-bond acceptors (Lipinski definition) is 3. The van der Waals surface area contributed by atoms with Gasteiger partial charge in [0.1, 0.15) is 0 Å². The molecule has 0 radical (unpaired) electrons. The van der Waals surface area contributed by atoms with E-state index < -0.39 is 34.2 Å². The molecule has 3 atom stereocenters. The molecule has 4 nitrogen and oxygen atoms in total. The third-order valence-electron chi connectivity index (χ3n) is 6.77. The predicted octanol–water partition coefficient (Wildman–Crippen LogP) is 6.51. The van der Waals surface area contributed by atoms with Crippen molar-refractivity contribution in [2.75, 3.05) is 0 Å². The van der Waals surface area contributed by atoms with Gasteiger partial charge in [0.05, 0.1) is 18.2 Å². The van der Waals surface area contributed by atoms with E-state index >= 15 is 0 Å². The Morgan fingerprint density at radius 1 is 0.968 bits per heavy atom. The van der Waals surface area contributed by atoms with Gasteiger partial charge in [-0.3, -0.25) is 4.79 Å². The molecule has 0 saturated heterocycles. The van der Waals surface area contributed by atoms with E-state index in [0.29, 0.717) is 6.42 Å². The molecule has 0 aliphatic rings. The molecular weight excluding hydrogens is 418 g/mol. The summed E-state index contributed by atoms with van der Waals surface area (Å²) in [5, 5.41) is 3.27. The Balaban J connectivity index is 6.33. The standard InChI is InChI=1S/C25H49NO3Si2/c1-16-18-20(29-31(14,15)25(9,10)11)21(26-22(27)23(3,4)5)19(17-2)28-30(12,13)24(6,7)8/h1,17,19-21H,2,18H2,3-15H3,(H,26,27)/t19-,20-,21-/m1/s1. The average Bonchev–Trinajstić information content (AvgIpc) is 2.54. The lowest BCUT2D eigenvalue weighted by Crippen LogP contribution is -2.59. The second-order valence-corrected chi connectivity index (χ2v) is 22.2. The summed E-state index contributed by atoms with van der Waals surface area (Å²) in [4.78, 5) is 13.0. The molecule has 6 heteroatoms. The highest BCUT2D eigenvalue weighted by atomic mass is 28.4. The molecule has 0 fully saturated rings. The summed E-state index contributed by atoms with van der Waals surface area (Å²) in [5.41, 5.74) is -0.543. The van der Waals surface area contributed by atoms with Crippen molar-refractivity contribution in [2.45, 2.75) is 123 Å². The molecule has 0 aromatic carbocycles. The van der Waals surface area contributed by atoms with Gasteiger partial charge in [-0.15, -0.1) is 18.9 Å². The topological polar surface area (TPSA) is 47.6 Å². The van der Waals surface area contributed by atoms with Gasteiger partial charge in [0, 0.05) is 11.8 Å². The Morgan fingerprint density at radius 2 is 1.39 bits per heavy atom. The van der Waals surface area contributed by atoms with Gasteiger partial charge in [0.15, 0.2) is 16.6 Å². The van der Waals surface area contributed by atoms with Crippen LogP contribution < -0.4 is 5.32 Å². The number of terminal acetylenes is 1. The summed E-state index contributed by atoms with van der Waals surface area (Å²) in [6.45, 7) is 31.8. The highest BCUT2D eigenvalue weighted by molar-refractivity contribution is 6.74. The smallest absolute Gasteiger partial charge is 0.225 e. The van der Waals surface area contributed by atoms with Crippen LogP contribution in [-0.2, 0) is 13.6 Å². The number of rotatable bonds is 9. The Kier molecular flexibility index (Phi) is 10.1. The van der Waals surface area contributed by atoms with Crippen LogP contribution in [0.15, 0.2) is 12.7 Å². The summed E-state index contributed by atoms with van der Waals surface area (Å²) >= 11 is 0. The maximum Gasteiger partial charge on any atom is 0.225 e. The predicted molar refractivity (Wildman–Crippen MR) is 139 cm³/mol.